The minimum atomic E-state index is -2.86. The second-order valence-corrected chi connectivity index (χ2v) is 9.04. The van der Waals surface area contributed by atoms with E-state index in [9.17, 15) is 8.42 Å². The zero-order valence-electron chi connectivity index (χ0n) is 17.2. The second kappa shape index (κ2) is 11.1. The lowest BCUT2D eigenvalue weighted by Crippen LogP contribution is -2.38. The van der Waals surface area contributed by atoms with Crippen LogP contribution in [-0.2, 0) is 16.3 Å². The number of aliphatic imine (C=N–C) groups is 1. The first-order valence-corrected chi connectivity index (χ1v) is 11.9. The van der Waals surface area contributed by atoms with Gasteiger partial charge < -0.3 is 20.1 Å². The second-order valence-electron chi connectivity index (χ2n) is 6.81. The first-order chi connectivity index (χ1) is 13.5. The fourth-order valence-electron chi connectivity index (χ4n) is 3.15. The number of nitrogens with one attached hydrogen (secondary N) is 2. The summed E-state index contributed by atoms with van der Waals surface area (Å²) in [7, 11) is -2.86. The average molecular weight is 412 g/mol. The Kier molecular flexibility index (Phi) is 8.89. The highest BCUT2D eigenvalue weighted by atomic mass is 32.2. The van der Waals surface area contributed by atoms with Crippen molar-refractivity contribution in [3.63, 3.8) is 0 Å². The summed E-state index contributed by atoms with van der Waals surface area (Å²) in [6.45, 7) is 9.13. The Morgan fingerprint density at radius 2 is 1.89 bits per heavy atom. The molecule has 0 aromatic heterocycles. The van der Waals surface area contributed by atoms with E-state index in [2.05, 4.69) is 15.6 Å². The van der Waals surface area contributed by atoms with Gasteiger partial charge in [0.2, 0.25) is 0 Å². The molecule has 0 saturated carbocycles. The predicted octanol–water partition coefficient (Wildman–Crippen LogP) is 2.02. The largest absolute Gasteiger partial charge is 0.490 e. The van der Waals surface area contributed by atoms with Crippen molar-refractivity contribution in [2.24, 2.45) is 10.9 Å². The van der Waals surface area contributed by atoms with Gasteiger partial charge in [0.25, 0.3) is 0 Å². The first kappa shape index (κ1) is 22.3. The van der Waals surface area contributed by atoms with E-state index in [0.29, 0.717) is 32.7 Å². The van der Waals surface area contributed by atoms with Gasteiger partial charge in [-0.05, 0) is 57.2 Å². The molecule has 2 rings (SSSR count). The molecule has 7 nitrogen and oxygen atoms in total. The molecule has 8 heteroatoms. The van der Waals surface area contributed by atoms with Gasteiger partial charge in [-0.3, -0.25) is 4.99 Å². The Morgan fingerprint density at radius 3 is 2.54 bits per heavy atom. The molecule has 0 aliphatic carbocycles. The van der Waals surface area contributed by atoms with Gasteiger partial charge in [0.1, 0.15) is 0 Å². The van der Waals surface area contributed by atoms with Gasteiger partial charge in [-0.1, -0.05) is 6.07 Å². The summed E-state index contributed by atoms with van der Waals surface area (Å²) in [5, 5.41) is 6.54. The number of rotatable bonds is 10. The number of ether oxygens (including phenoxy) is 2. The number of nitrogens with zero attached hydrogens (tertiary/aromatic N) is 1. The zero-order chi connectivity index (χ0) is 20.4. The third kappa shape index (κ3) is 7.22. The standard InChI is InChI=1S/C20H33N3O4S/c1-4-21-20(23-14-17-10-12-28(24,25)15-17)22-11-9-16-7-8-18(26-5-2)19(13-16)27-6-3/h7-8,13,17H,4-6,9-12,14-15H2,1-3H3,(H2,21,22,23). The van der Waals surface area contributed by atoms with Crippen LogP contribution in [0.1, 0.15) is 32.8 Å². The topological polar surface area (TPSA) is 89.0 Å². The Balaban J connectivity index is 1.89. The normalized spacial score (nSPS) is 18.7. The number of hydrogen-bond donors (Lipinski definition) is 2. The van der Waals surface area contributed by atoms with Crippen LogP contribution in [-0.4, -0.2) is 58.7 Å². The predicted molar refractivity (Wildman–Crippen MR) is 113 cm³/mol. The molecule has 1 aromatic rings. The number of guanidine groups is 1. The van der Waals surface area contributed by atoms with Crippen molar-refractivity contribution in [1.29, 1.82) is 0 Å². The minimum Gasteiger partial charge on any atom is -0.490 e. The highest BCUT2D eigenvalue weighted by Crippen LogP contribution is 2.28. The average Bonchev–Trinajstić information content (AvgIpc) is 3.01. The van der Waals surface area contributed by atoms with E-state index in [4.69, 9.17) is 9.47 Å². The summed E-state index contributed by atoms with van der Waals surface area (Å²) in [5.74, 6) is 2.93. The fraction of sp³-hybridized carbons (Fsp3) is 0.650. The molecule has 158 valence electrons. The van der Waals surface area contributed by atoms with Crippen LogP contribution in [0.3, 0.4) is 0 Å². The van der Waals surface area contributed by atoms with Crippen molar-refractivity contribution in [2.75, 3.05) is 44.4 Å². The van der Waals surface area contributed by atoms with E-state index in [1.807, 2.05) is 39.0 Å². The highest BCUT2D eigenvalue weighted by Gasteiger charge is 2.27. The molecule has 1 atom stereocenters. The van der Waals surface area contributed by atoms with E-state index < -0.39 is 9.84 Å². The van der Waals surface area contributed by atoms with Crippen LogP contribution < -0.4 is 20.1 Å². The molecule has 1 fully saturated rings. The van der Waals surface area contributed by atoms with Gasteiger partial charge in [-0.25, -0.2) is 8.42 Å². The van der Waals surface area contributed by atoms with Crippen LogP contribution in [0.4, 0.5) is 0 Å². The third-order valence-electron chi connectivity index (χ3n) is 4.49. The lowest BCUT2D eigenvalue weighted by atomic mass is 10.1. The summed E-state index contributed by atoms with van der Waals surface area (Å²) >= 11 is 0. The maximum Gasteiger partial charge on any atom is 0.191 e. The molecule has 0 amide bonds. The van der Waals surface area contributed by atoms with Crippen LogP contribution in [0, 0.1) is 5.92 Å². The van der Waals surface area contributed by atoms with Crippen LogP contribution in [0.15, 0.2) is 23.2 Å². The Morgan fingerprint density at radius 1 is 1.14 bits per heavy atom. The molecular formula is C20H33N3O4S. The smallest absolute Gasteiger partial charge is 0.191 e. The van der Waals surface area contributed by atoms with Gasteiger partial charge >= 0.3 is 0 Å². The molecule has 0 spiro atoms. The van der Waals surface area contributed by atoms with Crippen molar-refractivity contribution >= 4 is 15.8 Å². The zero-order valence-corrected chi connectivity index (χ0v) is 18.0. The van der Waals surface area contributed by atoms with Gasteiger partial charge in [-0.2, -0.15) is 0 Å². The number of sulfone groups is 1. The SMILES string of the molecule is CCNC(=NCC1CCS(=O)(=O)C1)NCCc1ccc(OCC)c(OCC)c1. The maximum absolute atomic E-state index is 11.6. The molecule has 0 radical (unpaired) electrons. The molecule has 28 heavy (non-hydrogen) atoms. The third-order valence-corrected chi connectivity index (χ3v) is 6.33. The molecule has 1 aliphatic heterocycles. The number of hydrogen-bond acceptors (Lipinski definition) is 5. The first-order valence-electron chi connectivity index (χ1n) is 10.1. The van der Waals surface area contributed by atoms with Crippen LogP contribution >= 0.6 is 0 Å². The lowest BCUT2D eigenvalue weighted by molar-refractivity contribution is 0.287. The summed E-state index contributed by atoms with van der Waals surface area (Å²) in [5.41, 5.74) is 1.15. The van der Waals surface area contributed by atoms with Crippen LogP contribution in [0.25, 0.3) is 0 Å². The Bertz CT molecular complexity index is 750. The molecule has 1 unspecified atom stereocenters. The van der Waals surface area contributed by atoms with E-state index in [-0.39, 0.29) is 17.4 Å². The van der Waals surface area contributed by atoms with Crippen molar-refractivity contribution in [1.82, 2.24) is 10.6 Å². The van der Waals surface area contributed by atoms with E-state index in [1.165, 1.54) is 0 Å². The van der Waals surface area contributed by atoms with E-state index in [0.717, 1.165) is 36.0 Å². The molecule has 1 saturated heterocycles. The van der Waals surface area contributed by atoms with Crippen LogP contribution in [0.5, 0.6) is 11.5 Å². The summed E-state index contributed by atoms with van der Waals surface area (Å²) in [6, 6.07) is 6.01. The van der Waals surface area contributed by atoms with Gasteiger partial charge in [0, 0.05) is 19.6 Å². The molecule has 1 aromatic carbocycles. The fourth-order valence-corrected chi connectivity index (χ4v) is 5.00. The van der Waals surface area contributed by atoms with Crippen LogP contribution in [0.2, 0.25) is 0 Å². The molecule has 0 bridgehead atoms. The minimum absolute atomic E-state index is 0.125. The molecular weight excluding hydrogens is 378 g/mol. The van der Waals surface area contributed by atoms with Gasteiger partial charge in [0.15, 0.2) is 27.3 Å². The number of benzene rings is 1. The monoisotopic (exact) mass is 411 g/mol. The van der Waals surface area contributed by atoms with Crippen molar-refractivity contribution in [3.05, 3.63) is 23.8 Å². The van der Waals surface area contributed by atoms with E-state index >= 15 is 0 Å². The summed E-state index contributed by atoms with van der Waals surface area (Å²) in [4.78, 5) is 4.56. The lowest BCUT2D eigenvalue weighted by Gasteiger charge is -2.14. The van der Waals surface area contributed by atoms with Crippen molar-refractivity contribution < 1.29 is 17.9 Å². The Labute approximate surface area is 168 Å². The van der Waals surface area contributed by atoms with E-state index in [1.54, 1.807) is 0 Å². The molecule has 2 N–H and O–H groups in total. The Hall–Kier alpha value is -1.96. The quantitative estimate of drug-likeness (QED) is 0.452. The maximum atomic E-state index is 11.6. The summed E-state index contributed by atoms with van der Waals surface area (Å²) < 4.78 is 34.4. The van der Waals surface area contributed by atoms with Gasteiger partial charge in [0.05, 0.1) is 24.7 Å². The van der Waals surface area contributed by atoms with Crippen molar-refractivity contribution in [2.45, 2.75) is 33.6 Å². The van der Waals surface area contributed by atoms with Gasteiger partial charge in [-0.15, -0.1) is 0 Å². The summed E-state index contributed by atoms with van der Waals surface area (Å²) in [6.07, 6.45) is 1.52. The van der Waals surface area contributed by atoms with Crippen molar-refractivity contribution in [3.8, 4) is 11.5 Å². The highest BCUT2D eigenvalue weighted by molar-refractivity contribution is 7.91. The molecule has 1 aliphatic rings. The molecule has 1 heterocycles.